The van der Waals surface area contributed by atoms with Crippen LogP contribution in [0.1, 0.15) is 25.7 Å². The number of carbonyl (C=O) groups is 1. The van der Waals surface area contributed by atoms with Crippen molar-refractivity contribution in [3.05, 3.63) is 24.3 Å². The number of hydrogen-bond donors (Lipinski definition) is 4. The molecule has 0 saturated heterocycles. The lowest BCUT2D eigenvalue weighted by molar-refractivity contribution is -0.134. The first-order valence-corrected chi connectivity index (χ1v) is 8.77. The van der Waals surface area contributed by atoms with Crippen LogP contribution in [-0.2, 0) is 4.79 Å². The number of hydroxylamine groups is 1. The number of nitrogens with two attached hydrogens (primary N) is 1. The Balaban J connectivity index is 2.72. The number of unbranched alkanes of at least 4 members (excludes halogenated alkanes) is 3. The average Bonchev–Trinajstić information content (AvgIpc) is 2.62. The molecule has 8 heteroatoms. The van der Waals surface area contributed by atoms with Crippen molar-refractivity contribution in [2.24, 2.45) is 5.73 Å². The molecule has 0 bridgehead atoms. The molecule has 136 valence electrons. The Morgan fingerprint density at radius 2 is 1.96 bits per heavy atom. The normalized spacial score (nSPS) is 12.2. The molecule has 0 aliphatic carbocycles. The lowest BCUT2D eigenvalue weighted by atomic mass is 10.2. The van der Waals surface area contributed by atoms with Crippen molar-refractivity contribution in [3.8, 4) is 5.75 Å². The summed E-state index contributed by atoms with van der Waals surface area (Å²) in [6.45, 7) is 0.911. The number of nitrogens with one attached hydrogen (secondary N) is 1. The zero-order valence-electron chi connectivity index (χ0n) is 14.0. The fourth-order valence-electron chi connectivity index (χ4n) is 2.18. The molecule has 5 N–H and O–H groups in total. The van der Waals surface area contributed by atoms with Gasteiger partial charge in [0.1, 0.15) is 11.8 Å². The fraction of sp³-hybridized carbons (Fsp3) is 0.562. The molecule has 1 aromatic carbocycles. The standard InChI is InChI=1S/C16H27N3O4S/c1-23-13-6-8-14(9-7-13)24-19(11-5-3-2-4-10-17)15(12-20)16(21)18-22/h6-9,15,20,22H,2-5,10-12,17H2,1H3,(H,18,21). The number of amides is 1. The Kier molecular flexibility index (Phi) is 10.4. The SMILES string of the molecule is COc1ccc(SN(CCCCCCN)C(CO)C(=O)NO)cc1. The largest absolute Gasteiger partial charge is 0.497 e. The van der Waals surface area contributed by atoms with Gasteiger partial charge in [-0.3, -0.25) is 10.0 Å². The van der Waals surface area contributed by atoms with Gasteiger partial charge in [0, 0.05) is 11.4 Å². The highest BCUT2D eigenvalue weighted by Gasteiger charge is 2.25. The molecule has 1 atom stereocenters. The van der Waals surface area contributed by atoms with Crippen LogP contribution in [0, 0.1) is 0 Å². The van der Waals surface area contributed by atoms with Crippen LogP contribution in [0.25, 0.3) is 0 Å². The molecule has 0 fully saturated rings. The van der Waals surface area contributed by atoms with Crippen molar-refractivity contribution in [2.45, 2.75) is 36.6 Å². The van der Waals surface area contributed by atoms with E-state index in [2.05, 4.69) is 0 Å². The first-order chi connectivity index (χ1) is 11.7. The zero-order valence-corrected chi connectivity index (χ0v) is 14.8. The number of aliphatic hydroxyl groups is 1. The van der Waals surface area contributed by atoms with E-state index >= 15 is 0 Å². The van der Waals surface area contributed by atoms with Gasteiger partial charge in [0.15, 0.2) is 0 Å². The average molecular weight is 357 g/mol. The monoisotopic (exact) mass is 357 g/mol. The van der Waals surface area contributed by atoms with Gasteiger partial charge in [0.2, 0.25) is 0 Å². The summed E-state index contributed by atoms with van der Waals surface area (Å²) in [4.78, 5) is 12.7. The maximum absolute atomic E-state index is 11.8. The van der Waals surface area contributed by atoms with E-state index in [1.807, 2.05) is 24.3 Å². The maximum atomic E-state index is 11.8. The Morgan fingerprint density at radius 1 is 1.29 bits per heavy atom. The number of ether oxygens (including phenoxy) is 1. The Bertz CT molecular complexity index is 473. The fourth-order valence-corrected chi connectivity index (χ4v) is 3.22. The van der Waals surface area contributed by atoms with Crippen molar-refractivity contribution in [2.75, 3.05) is 26.8 Å². The van der Waals surface area contributed by atoms with Gasteiger partial charge >= 0.3 is 0 Å². The summed E-state index contributed by atoms with van der Waals surface area (Å²) in [6.07, 6.45) is 3.88. The molecule has 7 nitrogen and oxygen atoms in total. The molecule has 0 aromatic heterocycles. The summed E-state index contributed by atoms with van der Waals surface area (Å²) in [5.41, 5.74) is 7.11. The number of nitrogens with zero attached hydrogens (tertiary/aromatic N) is 1. The van der Waals surface area contributed by atoms with Gasteiger partial charge in [-0.15, -0.1) is 0 Å². The minimum atomic E-state index is -0.823. The van der Waals surface area contributed by atoms with Gasteiger partial charge in [0.05, 0.1) is 13.7 Å². The summed E-state index contributed by atoms with van der Waals surface area (Å²) in [5.74, 6) is 0.125. The Labute approximate surface area is 147 Å². The third-order valence-electron chi connectivity index (χ3n) is 3.55. The van der Waals surface area contributed by atoms with Crippen LogP contribution in [-0.4, -0.2) is 53.4 Å². The van der Waals surface area contributed by atoms with Gasteiger partial charge in [-0.05, 0) is 55.6 Å². The lowest BCUT2D eigenvalue weighted by Crippen LogP contribution is -2.45. The van der Waals surface area contributed by atoms with Crippen LogP contribution < -0.4 is 16.0 Å². The Morgan fingerprint density at radius 3 is 2.50 bits per heavy atom. The minimum absolute atomic E-state index is 0.377. The van der Waals surface area contributed by atoms with Crippen LogP contribution in [0.2, 0.25) is 0 Å². The molecule has 1 aromatic rings. The number of benzene rings is 1. The van der Waals surface area contributed by atoms with E-state index in [1.165, 1.54) is 11.9 Å². The molecule has 1 amide bonds. The molecular formula is C16H27N3O4S. The predicted molar refractivity (Wildman–Crippen MR) is 93.9 cm³/mol. The third kappa shape index (κ3) is 7.06. The van der Waals surface area contributed by atoms with Crippen molar-refractivity contribution in [3.63, 3.8) is 0 Å². The van der Waals surface area contributed by atoms with E-state index < -0.39 is 11.9 Å². The van der Waals surface area contributed by atoms with E-state index in [1.54, 1.807) is 16.9 Å². The summed E-state index contributed by atoms with van der Waals surface area (Å²) in [6, 6.07) is 6.62. The van der Waals surface area contributed by atoms with Gasteiger partial charge in [-0.2, -0.15) is 0 Å². The number of aliphatic hydroxyl groups excluding tert-OH is 1. The molecule has 0 saturated carbocycles. The quantitative estimate of drug-likeness (QED) is 0.194. The van der Waals surface area contributed by atoms with Gasteiger partial charge in [0.25, 0.3) is 5.91 Å². The van der Waals surface area contributed by atoms with Gasteiger partial charge < -0.3 is 15.6 Å². The predicted octanol–water partition coefficient (Wildman–Crippen LogP) is 1.39. The lowest BCUT2D eigenvalue weighted by Gasteiger charge is -2.27. The summed E-state index contributed by atoms with van der Waals surface area (Å²) in [5, 5.41) is 18.4. The molecule has 0 aliphatic heterocycles. The van der Waals surface area contributed by atoms with Crippen LogP contribution in [0.5, 0.6) is 5.75 Å². The molecule has 24 heavy (non-hydrogen) atoms. The Hall–Kier alpha value is -1.32. The molecular weight excluding hydrogens is 330 g/mol. The molecule has 0 aliphatic rings. The second-order valence-corrected chi connectivity index (χ2v) is 6.41. The summed E-state index contributed by atoms with van der Waals surface area (Å²) < 4.78 is 6.92. The van der Waals surface area contributed by atoms with Crippen molar-refractivity contribution in [1.82, 2.24) is 9.79 Å². The van der Waals surface area contributed by atoms with Gasteiger partial charge in [-0.25, -0.2) is 9.79 Å². The van der Waals surface area contributed by atoms with Crippen molar-refractivity contribution >= 4 is 17.9 Å². The van der Waals surface area contributed by atoms with E-state index in [4.69, 9.17) is 15.7 Å². The topological polar surface area (TPSA) is 108 Å². The van der Waals surface area contributed by atoms with Crippen molar-refractivity contribution < 1.29 is 19.8 Å². The first-order valence-electron chi connectivity index (χ1n) is 7.99. The highest BCUT2D eigenvalue weighted by molar-refractivity contribution is 7.97. The van der Waals surface area contributed by atoms with Crippen molar-refractivity contribution in [1.29, 1.82) is 0 Å². The number of rotatable bonds is 12. The molecule has 0 radical (unpaired) electrons. The second kappa shape index (κ2) is 12.1. The first kappa shape index (κ1) is 20.7. The number of methoxy groups -OCH3 is 1. The van der Waals surface area contributed by atoms with E-state index in [0.717, 1.165) is 36.3 Å². The highest BCUT2D eigenvalue weighted by atomic mass is 32.2. The van der Waals surface area contributed by atoms with E-state index in [-0.39, 0.29) is 6.61 Å². The summed E-state index contributed by atoms with van der Waals surface area (Å²) in [7, 11) is 1.60. The minimum Gasteiger partial charge on any atom is -0.497 e. The van der Waals surface area contributed by atoms with E-state index in [9.17, 15) is 9.90 Å². The maximum Gasteiger partial charge on any atom is 0.263 e. The summed E-state index contributed by atoms with van der Waals surface area (Å²) >= 11 is 1.37. The highest BCUT2D eigenvalue weighted by Crippen LogP contribution is 2.27. The zero-order chi connectivity index (χ0) is 17.8. The van der Waals surface area contributed by atoms with Crippen LogP contribution in [0.3, 0.4) is 0 Å². The smallest absolute Gasteiger partial charge is 0.263 e. The van der Waals surface area contributed by atoms with Crippen LogP contribution in [0.15, 0.2) is 29.2 Å². The number of hydrogen-bond acceptors (Lipinski definition) is 7. The molecule has 0 spiro atoms. The van der Waals surface area contributed by atoms with Crippen LogP contribution >= 0.6 is 11.9 Å². The number of carbonyl (C=O) groups excluding carboxylic acids is 1. The molecule has 0 heterocycles. The molecule has 1 unspecified atom stereocenters. The van der Waals surface area contributed by atoms with E-state index in [0.29, 0.717) is 13.1 Å². The van der Waals surface area contributed by atoms with Crippen LogP contribution in [0.4, 0.5) is 0 Å². The third-order valence-corrected chi connectivity index (χ3v) is 4.70. The molecule has 1 rings (SSSR count). The van der Waals surface area contributed by atoms with Gasteiger partial charge in [-0.1, -0.05) is 12.8 Å². The second-order valence-electron chi connectivity index (χ2n) is 5.28.